The maximum absolute atomic E-state index is 11.8. The van der Waals surface area contributed by atoms with Crippen LogP contribution in [0.2, 0.25) is 0 Å². The van der Waals surface area contributed by atoms with Gasteiger partial charge in [0.15, 0.2) is 0 Å². The fraction of sp³-hybridized carbons (Fsp3) is 0.529. The Bertz CT molecular complexity index is 535. The van der Waals surface area contributed by atoms with E-state index in [9.17, 15) is 9.59 Å². The largest absolute Gasteiger partial charge is 0.497 e. The molecule has 1 N–H and O–H groups in total. The molecular weight excluding hydrogens is 314 g/mol. The predicted octanol–water partition coefficient (Wildman–Crippen LogP) is 2.53. The molecule has 24 heavy (non-hydrogen) atoms. The molecule has 1 amide bonds. The van der Waals surface area contributed by atoms with Gasteiger partial charge in [0.05, 0.1) is 20.8 Å². The first-order chi connectivity index (χ1) is 11.2. The second kappa shape index (κ2) is 9.00. The lowest BCUT2D eigenvalue weighted by atomic mass is 10.2. The topological polar surface area (TPSA) is 83.1 Å². The van der Waals surface area contributed by atoms with Crippen LogP contribution in [0.15, 0.2) is 24.3 Å². The van der Waals surface area contributed by atoms with Crippen molar-refractivity contribution in [2.45, 2.75) is 38.8 Å². The molecule has 0 fully saturated rings. The van der Waals surface area contributed by atoms with Crippen LogP contribution in [0, 0.1) is 0 Å². The van der Waals surface area contributed by atoms with Crippen molar-refractivity contribution < 1.29 is 28.5 Å². The highest BCUT2D eigenvalue weighted by atomic mass is 16.6. The van der Waals surface area contributed by atoms with E-state index in [4.69, 9.17) is 18.9 Å². The van der Waals surface area contributed by atoms with E-state index >= 15 is 0 Å². The van der Waals surface area contributed by atoms with Crippen molar-refractivity contribution in [1.82, 2.24) is 5.32 Å². The van der Waals surface area contributed by atoms with E-state index in [1.807, 2.05) is 0 Å². The van der Waals surface area contributed by atoms with Crippen LogP contribution < -0.4 is 14.8 Å². The number of hydrogen-bond donors (Lipinski definition) is 1. The van der Waals surface area contributed by atoms with Gasteiger partial charge in [0.25, 0.3) is 0 Å². The van der Waals surface area contributed by atoms with Crippen LogP contribution in [0.25, 0.3) is 0 Å². The monoisotopic (exact) mass is 339 g/mol. The van der Waals surface area contributed by atoms with Crippen molar-refractivity contribution in [3.05, 3.63) is 24.3 Å². The zero-order chi connectivity index (χ0) is 18.2. The first-order valence-electron chi connectivity index (χ1n) is 7.59. The van der Waals surface area contributed by atoms with Gasteiger partial charge in [0.2, 0.25) is 0 Å². The Balaban J connectivity index is 2.53. The molecule has 1 unspecified atom stereocenters. The molecule has 0 saturated heterocycles. The number of carbonyl (C=O) groups excluding carboxylic acids is 2. The van der Waals surface area contributed by atoms with Crippen molar-refractivity contribution in [3.8, 4) is 11.5 Å². The summed E-state index contributed by atoms with van der Waals surface area (Å²) in [5.41, 5.74) is -0.648. The smallest absolute Gasteiger partial charge is 0.408 e. The van der Waals surface area contributed by atoms with Crippen LogP contribution in [0.5, 0.6) is 11.5 Å². The lowest BCUT2D eigenvalue weighted by Crippen LogP contribution is -2.44. The van der Waals surface area contributed by atoms with E-state index in [2.05, 4.69) is 5.32 Å². The number of nitrogens with one attached hydrogen (secondary N) is 1. The third kappa shape index (κ3) is 7.21. The minimum Gasteiger partial charge on any atom is -0.497 e. The average molecular weight is 339 g/mol. The molecule has 0 aliphatic heterocycles. The Morgan fingerprint density at radius 1 is 1.08 bits per heavy atom. The van der Waals surface area contributed by atoms with Crippen LogP contribution in [0.3, 0.4) is 0 Å². The van der Waals surface area contributed by atoms with Crippen LogP contribution >= 0.6 is 0 Å². The lowest BCUT2D eigenvalue weighted by Gasteiger charge is -2.22. The third-order valence-corrected chi connectivity index (χ3v) is 2.91. The minimum atomic E-state index is -0.844. The van der Waals surface area contributed by atoms with Gasteiger partial charge in [-0.2, -0.15) is 0 Å². The number of esters is 1. The number of carbonyl (C=O) groups is 2. The molecule has 0 aromatic heterocycles. The number of benzene rings is 1. The van der Waals surface area contributed by atoms with E-state index in [1.54, 1.807) is 52.1 Å². The Morgan fingerprint density at radius 2 is 1.67 bits per heavy atom. The Morgan fingerprint density at radius 3 is 2.17 bits per heavy atom. The van der Waals surface area contributed by atoms with Gasteiger partial charge in [0, 0.05) is 6.42 Å². The molecule has 0 spiro atoms. The highest BCUT2D eigenvalue weighted by Crippen LogP contribution is 2.17. The van der Waals surface area contributed by atoms with Crippen molar-refractivity contribution in [3.63, 3.8) is 0 Å². The molecule has 1 aromatic carbocycles. The number of hydrogen-bond acceptors (Lipinski definition) is 6. The van der Waals surface area contributed by atoms with Gasteiger partial charge in [-0.1, -0.05) is 0 Å². The van der Waals surface area contributed by atoms with Crippen LogP contribution in [-0.4, -0.2) is 44.5 Å². The maximum atomic E-state index is 11.8. The summed E-state index contributed by atoms with van der Waals surface area (Å²) in [7, 11) is 2.84. The van der Waals surface area contributed by atoms with E-state index in [-0.39, 0.29) is 13.0 Å². The summed E-state index contributed by atoms with van der Waals surface area (Å²) in [6.07, 6.45) is -0.430. The number of rotatable bonds is 7. The summed E-state index contributed by atoms with van der Waals surface area (Å²) in [5, 5.41) is 2.49. The molecule has 0 aliphatic carbocycles. The summed E-state index contributed by atoms with van der Waals surface area (Å²) in [5.74, 6) is 0.803. The molecule has 1 rings (SSSR count). The molecule has 0 saturated carbocycles. The number of amides is 1. The molecule has 7 nitrogen and oxygen atoms in total. The minimum absolute atomic E-state index is 0.224. The van der Waals surface area contributed by atoms with E-state index in [1.165, 1.54) is 7.11 Å². The van der Waals surface area contributed by atoms with Crippen LogP contribution in [0.4, 0.5) is 4.79 Å². The third-order valence-electron chi connectivity index (χ3n) is 2.91. The summed E-state index contributed by atoms with van der Waals surface area (Å²) in [4.78, 5) is 23.6. The molecule has 1 aromatic rings. The average Bonchev–Trinajstić information content (AvgIpc) is 2.52. The van der Waals surface area contributed by atoms with Gasteiger partial charge < -0.3 is 24.3 Å². The number of ether oxygens (including phenoxy) is 4. The molecule has 0 radical (unpaired) electrons. The molecule has 134 valence electrons. The van der Waals surface area contributed by atoms with Gasteiger partial charge >= 0.3 is 12.1 Å². The lowest BCUT2D eigenvalue weighted by molar-refractivity contribution is -0.143. The highest BCUT2D eigenvalue weighted by molar-refractivity contribution is 5.81. The SMILES string of the molecule is COC(=O)C(CCOc1ccc(OC)cc1)NC(=O)OC(C)(C)C. The highest BCUT2D eigenvalue weighted by Gasteiger charge is 2.24. The zero-order valence-electron chi connectivity index (χ0n) is 14.8. The Labute approximate surface area is 142 Å². The van der Waals surface area contributed by atoms with Crippen molar-refractivity contribution >= 4 is 12.1 Å². The normalized spacial score (nSPS) is 12.0. The second-order valence-corrected chi connectivity index (χ2v) is 6.03. The summed E-state index contributed by atoms with van der Waals surface area (Å²) >= 11 is 0. The van der Waals surface area contributed by atoms with Gasteiger partial charge in [-0.3, -0.25) is 0 Å². The quantitative estimate of drug-likeness (QED) is 0.769. The first-order valence-corrected chi connectivity index (χ1v) is 7.59. The van der Waals surface area contributed by atoms with E-state index in [0.29, 0.717) is 5.75 Å². The number of methoxy groups -OCH3 is 2. The van der Waals surface area contributed by atoms with Crippen molar-refractivity contribution in [2.24, 2.45) is 0 Å². The van der Waals surface area contributed by atoms with Crippen molar-refractivity contribution in [2.75, 3.05) is 20.8 Å². The zero-order valence-corrected chi connectivity index (χ0v) is 14.8. The van der Waals surface area contributed by atoms with Gasteiger partial charge in [0.1, 0.15) is 23.1 Å². The molecule has 0 bridgehead atoms. The van der Waals surface area contributed by atoms with Crippen molar-refractivity contribution in [1.29, 1.82) is 0 Å². The molecule has 7 heteroatoms. The Kier molecular flexibility index (Phi) is 7.35. The maximum Gasteiger partial charge on any atom is 0.408 e. The number of alkyl carbamates (subject to hydrolysis) is 1. The van der Waals surface area contributed by atoms with E-state index in [0.717, 1.165) is 5.75 Å². The molecular formula is C17H25NO6. The molecule has 0 heterocycles. The van der Waals surface area contributed by atoms with Crippen LogP contribution in [-0.2, 0) is 14.3 Å². The molecule has 0 aliphatic rings. The van der Waals surface area contributed by atoms with Gasteiger partial charge in [-0.15, -0.1) is 0 Å². The molecule has 1 atom stereocenters. The van der Waals surface area contributed by atoms with Gasteiger partial charge in [-0.25, -0.2) is 9.59 Å². The fourth-order valence-corrected chi connectivity index (χ4v) is 1.81. The Hall–Kier alpha value is -2.44. The second-order valence-electron chi connectivity index (χ2n) is 6.03. The van der Waals surface area contributed by atoms with E-state index < -0.39 is 23.7 Å². The predicted molar refractivity (Wildman–Crippen MR) is 88.3 cm³/mol. The standard InChI is InChI=1S/C17H25NO6/c1-17(2,3)24-16(20)18-14(15(19)22-5)10-11-23-13-8-6-12(21-4)7-9-13/h6-9,14H,10-11H2,1-5H3,(H,18,20). The van der Waals surface area contributed by atoms with Crippen LogP contribution in [0.1, 0.15) is 27.2 Å². The fourth-order valence-electron chi connectivity index (χ4n) is 1.81. The first kappa shape index (κ1) is 19.6. The van der Waals surface area contributed by atoms with Gasteiger partial charge in [-0.05, 0) is 45.0 Å². The summed E-state index contributed by atoms with van der Waals surface area (Å²) < 4.78 is 20.5. The summed E-state index contributed by atoms with van der Waals surface area (Å²) in [6.45, 7) is 5.45. The summed E-state index contributed by atoms with van der Waals surface area (Å²) in [6, 6.07) is 6.21.